The molecule has 0 spiro atoms. The monoisotopic (exact) mass is 376 g/mol. The fraction of sp³-hybridized carbons (Fsp3) is 0.556. The second-order valence-corrected chi connectivity index (χ2v) is 7.74. The molecule has 0 radical (unpaired) electrons. The lowest BCUT2D eigenvalue weighted by atomic mass is 10.1. The Morgan fingerprint density at radius 1 is 1.44 bits per heavy atom. The van der Waals surface area contributed by atoms with E-state index >= 15 is 0 Å². The van der Waals surface area contributed by atoms with E-state index in [2.05, 4.69) is 4.98 Å². The highest BCUT2D eigenvalue weighted by Crippen LogP contribution is 2.28. The number of carbonyl (C=O) groups is 1. The second kappa shape index (κ2) is 7.05. The standard InChI is InChI=1S/C18H24N4O5/c1-18(2,3)27-17(23)21-9-5-6-13(11-21)20(4)16-19-14-10-12(22(24)25)7-8-15(14)26-16/h7-8,10,13H,5-6,9,11H2,1-4H3/t13-/m0/s1. The van der Waals surface area contributed by atoms with Gasteiger partial charge in [0, 0.05) is 32.3 Å². The van der Waals surface area contributed by atoms with E-state index in [-0.39, 0.29) is 17.8 Å². The van der Waals surface area contributed by atoms with E-state index in [1.807, 2.05) is 32.7 Å². The zero-order chi connectivity index (χ0) is 19.8. The Morgan fingerprint density at radius 3 is 2.85 bits per heavy atom. The summed E-state index contributed by atoms with van der Waals surface area (Å²) in [6, 6.07) is 4.73. The zero-order valence-electron chi connectivity index (χ0n) is 16.0. The molecule has 9 nitrogen and oxygen atoms in total. The molecule has 1 aliphatic rings. The Kier molecular flexibility index (Phi) is 4.95. The molecule has 1 amide bonds. The highest BCUT2D eigenvalue weighted by molar-refractivity contribution is 5.77. The Bertz CT molecular complexity index is 857. The van der Waals surface area contributed by atoms with Crippen molar-refractivity contribution in [2.45, 2.75) is 45.3 Å². The van der Waals surface area contributed by atoms with E-state index in [1.165, 1.54) is 12.1 Å². The van der Waals surface area contributed by atoms with Crippen molar-refractivity contribution in [3.63, 3.8) is 0 Å². The van der Waals surface area contributed by atoms with Crippen LogP contribution in [0, 0.1) is 10.1 Å². The van der Waals surface area contributed by atoms with Gasteiger partial charge >= 0.3 is 6.09 Å². The number of rotatable bonds is 3. The third kappa shape index (κ3) is 4.29. The minimum atomic E-state index is -0.537. The first-order valence-electron chi connectivity index (χ1n) is 8.90. The van der Waals surface area contributed by atoms with Crippen LogP contribution in [-0.4, -0.2) is 52.7 Å². The molecule has 0 unspecified atom stereocenters. The van der Waals surface area contributed by atoms with Crippen LogP contribution in [0.3, 0.4) is 0 Å². The molecule has 0 bridgehead atoms. The predicted molar refractivity (Wildman–Crippen MR) is 99.9 cm³/mol. The summed E-state index contributed by atoms with van der Waals surface area (Å²) < 4.78 is 11.2. The van der Waals surface area contributed by atoms with E-state index < -0.39 is 10.5 Å². The summed E-state index contributed by atoms with van der Waals surface area (Å²) >= 11 is 0. The van der Waals surface area contributed by atoms with Crippen LogP contribution in [0.2, 0.25) is 0 Å². The van der Waals surface area contributed by atoms with Crippen molar-refractivity contribution >= 4 is 28.9 Å². The van der Waals surface area contributed by atoms with Crippen molar-refractivity contribution < 1.29 is 18.9 Å². The SMILES string of the molecule is CN(c1nc2cc([N+](=O)[O-])ccc2o1)[C@H]1CCCN(C(=O)OC(C)(C)C)C1. The smallest absolute Gasteiger partial charge is 0.410 e. The average Bonchev–Trinajstić information content (AvgIpc) is 3.02. The van der Waals surface area contributed by atoms with Gasteiger partial charge in [0.05, 0.1) is 11.0 Å². The summed E-state index contributed by atoms with van der Waals surface area (Å²) in [6.07, 6.45) is 1.41. The molecule has 2 heterocycles. The van der Waals surface area contributed by atoms with Crippen molar-refractivity contribution in [3.8, 4) is 0 Å². The Hall–Kier alpha value is -2.84. The predicted octanol–water partition coefficient (Wildman–Crippen LogP) is 3.57. The van der Waals surface area contributed by atoms with E-state index in [4.69, 9.17) is 9.15 Å². The number of likely N-dealkylation sites (N-methyl/N-ethyl adjacent to an activating group) is 1. The molecule has 1 atom stereocenters. The number of non-ortho nitro benzene ring substituents is 1. The summed E-state index contributed by atoms with van der Waals surface area (Å²) in [6.45, 7) is 6.69. The van der Waals surface area contributed by atoms with Gasteiger partial charge in [0.15, 0.2) is 5.58 Å². The quantitative estimate of drug-likeness (QED) is 0.596. The van der Waals surface area contributed by atoms with Crippen LogP contribution in [0.5, 0.6) is 0 Å². The summed E-state index contributed by atoms with van der Waals surface area (Å²) in [5.74, 6) is 0. The number of hydrogen-bond donors (Lipinski definition) is 0. The van der Waals surface area contributed by atoms with Gasteiger partial charge in [-0.15, -0.1) is 0 Å². The molecule has 1 saturated heterocycles. The van der Waals surface area contributed by atoms with Gasteiger partial charge < -0.3 is 19.0 Å². The van der Waals surface area contributed by atoms with Gasteiger partial charge in [0.1, 0.15) is 11.1 Å². The zero-order valence-corrected chi connectivity index (χ0v) is 16.0. The lowest BCUT2D eigenvalue weighted by Crippen LogP contribution is -2.50. The molecule has 1 aromatic heterocycles. The third-order valence-electron chi connectivity index (χ3n) is 4.47. The van der Waals surface area contributed by atoms with E-state index in [0.29, 0.717) is 30.2 Å². The first kappa shape index (κ1) is 18.9. The molecule has 9 heteroatoms. The summed E-state index contributed by atoms with van der Waals surface area (Å²) in [5.41, 5.74) is 0.358. The number of nitro groups is 1. The largest absolute Gasteiger partial charge is 0.444 e. The van der Waals surface area contributed by atoms with Crippen molar-refractivity contribution in [1.29, 1.82) is 0 Å². The fourth-order valence-corrected chi connectivity index (χ4v) is 3.09. The van der Waals surface area contributed by atoms with Crippen molar-refractivity contribution in [2.24, 2.45) is 0 Å². The fourth-order valence-electron chi connectivity index (χ4n) is 3.09. The van der Waals surface area contributed by atoms with Gasteiger partial charge in [-0.25, -0.2) is 4.79 Å². The Balaban J connectivity index is 1.74. The topological polar surface area (TPSA) is 102 Å². The van der Waals surface area contributed by atoms with E-state index in [9.17, 15) is 14.9 Å². The highest BCUT2D eigenvalue weighted by atomic mass is 16.6. The lowest BCUT2D eigenvalue weighted by Gasteiger charge is -2.37. The molecule has 146 valence electrons. The number of likely N-dealkylation sites (tertiary alicyclic amines) is 1. The molecule has 3 rings (SSSR count). The van der Waals surface area contributed by atoms with Crippen LogP contribution in [0.25, 0.3) is 11.1 Å². The number of anilines is 1. The Morgan fingerprint density at radius 2 is 2.19 bits per heavy atom. The van der Waals surface area contributed by atoms with Crippen LogP contribution < -0.4 is 4.90 Å². The van der Waals surface area contributed by atoms with Gasteiger partial charge in [-0.2, -0.15) is 4.98 Å². The van der Waals surface area contributed by atoms with Gasteiger partial charge in [-0.3, -0.25) is 10.1 Å². The number of nitro benzene ring substituents is 1. The maximum atomic E-state index is 12.3. The summed E-state index contributed by atoms with van der Waals surface area (Å²) in [5, 5.41) is 10.9. The Labute approximate surface area is 157 Å². The number of nitrogens with zero attached hydrogens (tertiary/aromatic N) is 4. The first-order chi connectivity index (χ1) is 12.6. The van der Waals surface area contributed by atoms with Crippen LogP contribution in [0.15, 0.2) is 22.6 Å². The van der Waals surface area contributed by atoms with Crippen LogP contribution in [0.1, 0.15) is 33.6 Å². The third-order valence-corrected chi connectivity index (χ3v) is 4.47. The van der Waals surface area contributed by atoms with Crippen molar-refractivity contribution in [1.82, 2.24) is 9.88 Å². The van der Waals surface area contributed by atoms with Gasteiger partial charge in [0.2, 0.25) is 0 Å². The maximum Gasteiger partial charge on any atom is 0.410 e. The molecule has 0 saturated carbocycles. The number of hydrogen-bond acceptors (Lipinski definition) is 7. The number of fused-ring (bicyclic) bond motifs is 1. The minimum absolute atomic E-state index is 0.0225. The van der Waals surface area contributed by atoms with Crippen LogP contribution in [0.4, 0.5) is 16.5 Å². The molecule has 1 fully saturated rings. The molecular weight excluding hydrogens is 352 g/mol. The molecule has 0 N–H and O–H groups in total. The highest BCUT2D eigenvalue weighted by Gasteiger charge is 2.31. The normalized spacial score (nSPS) is 17.8. The summed E-state index contributed by atoms with van der Waals surface area (Å²) in [4.78, 5) is 30.8. The number of aromatic nitrogens is 1. The average molecular weight is 376 g/mol. The number of benzene rings is 1. The molecular formula is C18H24N4O5. The van der Waals surface area contributed by atoms with Crippen molar-refractivity contribution in [2.75, 3.05) is 25.0 Å². The maximum absolute atomic E-state index is 12.3. The first-order valence-corrected chi connectivity index (χ1v) is 8.90. The van der Waals surface area contributed by atoms with E-state index in [1.54, 1.807) is 11.0 Å². The van der Waals surface area contributed by atoms with Gasteiger partial charge in [-0.1, -0.05) is 0 Å². The number of oxazole rings is 1. The minimum Gasteiger partial charge on any atom is -0.444 e. The lowest BCUT2D eigenvalue weighted by molar-refractivity contribution is -0.384. The second-order valence-electron chi connectivity index (χ2n) is 7.74. The molecule has 1 aromatic carbocycles. The van der Waals surface area contributed by atoms with Crippen LogP contribution >= 0.6 is 0 Å². The number of piperidine rings is 1. The molecule has 2 aromatic rings. The molecule has 0 aliphatic carbocycles. The van der Waals surface area contributed by atoms with Gasteiger partial charge in [-0.05, 0) is 39.7 Å². The number of amides is 1. The molecule has 1 aliphatic heterocycles. The number of carbonyl (C=O) groups excluding carboxylic acids is 1. The van der Waals surface area contributed by atoms with Gasteiger partial charge in [0.25, 0.3) is 11.7 Å². The number of ether oxygens (including phenoxy) is 1. The van der Waals surface area contributed by atoms with Crippen LogP contribution in [-0.2, 0) is 4.74 Å². The molecule has 27 heavy (non-hydrogen) atoms. The van der Waals surface area contributed by atoms with Crippen molar-refractivity contribution in [3.05, 3.63) is 28.3 Å². The van der Waals surface area contributed by atoms with E-state index in [0.717, 1.165) is 12.8 Å². The summed E-state index contributed by atoms with van der Waals surface area (Å²) in [7, 11) is 1.85.